The Morgan fingerprint density at radius 1 is 0.658 bits per heavy atom. The lowest BCUT2D eigenvalue weighted by Crippen LogP contribution is -2.33. The highest BCUT2D eigenvalue weighted by atomic mass is 32.2. The number of hydroxylamine groups is 2. The second-order valence-electron chi connectivity index (χ2n) is 18.7. The number of fused-ring (bicyclic) bond motifs is 6. The number of methoxy groups -OCH3 is 2. The van der Waals surface area contributed by atoms with E-state index in [1.807, 2.05) is 36.3 Å². The average molecular weight is 1130 g/mol. The first-order chi connectivity index (χ1) is 35.6. The molecule has 1 saturated heterocycles. The van der Waals surface area contributed by atoms with Crippen molar-refractivity contribution < 1.29 is 85.2 Å². The van der Waals surface area contributed by atoms with E-state index in [0.717, 1.165) is 12.1 Å². The van der Waals surface area contributed by atoms with E-state index in [-0.39, 0.29) is 67.0 Å². The number of imide groups is 1. The SMILES string of the molecule is CCN1/C(=C/C=C/C=C/C=C/C2=[N+](CCCCCC(=O)ON3C(=O)CCC3=O)c3ccc4c(S(=O)(=O)[O-])cc(S(=O)(=O)[O-])cc4c3C2(C)CCOC)C(C)(CCOC)c2c1ccc1c(S(=O)(=O)[O-])cc(S(=O)(=O)[O-])cc21. The van der Waals surface area contributed by atoms with Crippen LogP contribution in [-0.4, -0.2) is 126 Å². The van der Waals surface area contributed by atoms with Crippen molar-refractivity contribution in [2.24, 2.45) is 0 Å². The Morgan fingerprint density at radius 3 is 1.72 bits per heavy atom. The largest absolute Gasteiger partial charge is 0.744 e. The fourth-order valence-electron chi connectivity index (χ4n) is 10.4. The van der Waals surface area contributed by atoms with Crippen LogP contribution < -0.4 is 4.90 Å². The van der Waals surface area contributed by atoms with Gasteiger partial charge in [0.1, 0.15) is 47.0 Å². The van der Waals surface area contributed by atoms with Crippen molar-refractivity contribution in [3.05, 3.63) is 108 Å². The summed E-state index contributed by atoms with van der Waals surface area (Å²) < 4.78 is 163. The second-order valence-corrected chi connectivity index (χ2v) is 24.2. The van der Waals surface area contributed by atoms with E-state index in [2.05, 4.69) is 0 Å². The van der Waals surface area contributed by atoms with Crippen LogP contribution in [0.25, 0.3) is 21.5 Å². The van der Waals surface area contributed by atoms with Gasteiger partial charge in [0.25, 0.3) is 11.8 Å². The van der Waals surface area contributed by atoms with Crippen LogP contribution in [0.1, 0.15) is 83.3 Å². The molecule has 4 aromatic rings. The summed E-state index contributed by atoms with van der Waals surface area (Å²) in [4.78, 5) is 39.9. The molecule has 408 valence electrons. The van der Waals surface area contributed by atoms with Crippen LogP contribution in [-0.2, 0) is 80.0 Å². The molecule has 3 aliphatic heterocycles. The molecule has 0 bridgehead atoms. The lowest BCUT2D eigenvalue weighted by Gasteiger charge is -2.30. The second kappa shape index (κ2) is 22.2. The number of ether oxygens (including phenoxy) is 2. The summed E-state index contributed by atoms with van der Waals surface area (Å²) in [5.41, 5.74) is 1.31. The maximum Gasteiger partial charge on any atom is 0.333 e. The fourth-order valence-corrected chi connectivity index (χ4v) is 13.0. The number of likely N-dealkylation sites (N-methyl/N-ethyl adjacent to an activating group) is 1. The molecule has 0 aromatic heterocycles. The van der Waals surface area contributed by atoms with Crippen LogP contribution in [0.3, 0.4) is 0 Å². The molecule has 0 spiro atoms. The molecular weight excluding hydrogens is 1070 g/mol. The van der Waals surface area contributed by atoms with Crippen molar-refractivity contribution in [1.29, 1.82) is 0 Å². The molecule has 2 atom stereocenters. The first-order valence-corrected chi connectivity index (χ1v) is 29.5. The van der Waals surface area contributed by atoms with Gasteiger partial charge in [-0.05, 0) is 111 Å². The highest BCUT2D eigenvalue weighted by molar-refractivity contribution is 7.87. The molecule has 3 aliphatic rings. The maximum absolute atomic E-state index is 12.6. The van der Waals surface area contributed by atoms with Gasteiger partial charge < -0.3 is 37.4 Å². The molecule has 0 aliphatic carbocycles. The summed E-state index contributed by atoms with van der Waals surface area (Å²) in [6.45, 7) is 6.63. The summed E-state index contributed by atoms with van der Waals surface area (Å²) in [7, 11) is -18.1. The van der Waals surface area contributed by atoms with Crippen LogP contribution >= 0.6 is 0 Å². The van der Waals surface area contributed by atoms with Crippen molar-refractivity contribution in [3.8, 4) is 0 Å². The number of carbonyl (C=O) groups excluding carboxylic acids is 3. The Kier molecular flexibility index (Phi) is 16.8. The monoisotopic (exact) mass is 1120 g/mol. The predicted molar refractivity (Wildman–Crippen MR) is 271 cm³/mol. The molecule has 25 heteroatoms. The van der Waals surface area contributed by atoms with Gasteiger partial charge in [-0.2, -0.15) is 4.58 Å². The van der Waals surface area contributed by atoms with Crippen molar-refractivity contribution in [3.63, 3.8) is 0 Å². The Hall–Kier alpha value is -6.00. The highest BCUT2D eigenvalue weighted by Gasteiger charge is 2.49. The zero-order valence-electron chi connectivity index (χ0n) is 42.0. The zero-order chi connectivity index (χ0) is 55.8. The first-order valence-electron chi connectivity index (χ1n) is 23.9. The lowest BCUT2D eigenvalue weighted by molar-refractivity contribution is -0.438. The standard InChI is InChI=1S/C51H57N3O18S4/c1-6-52-39-20-18-35-37(29-33(73(58,59)60)31-41(35)75(64,65)66)48(39)50(2,24-27-70-4)43(52)15-11-8-7-9-12-16-44-51(3,25-28-71-5)49-38-30-34(74(61,62)63)32-42(76(67,68)69)36(38)19-21-40(49)53(44)26-14-10-13-17-47(57)72-54-45(55)22-23-46(54)56/h7-9,11-12,15-16,18-21,29-32H,6,10,13-14,17,22-28H2,1-5H3,(H3-,58,59,60,61,62,63,64,65,66,67,68,69)/p-3. The molecule has 76 heavy (non-hydrogen) atoms. The molecule has 0 radical (unpaired) electrons. The number of hydrogen-bond donors (Lipinski definition) is 0. The summed E-state index contributed by atoms with van der Waals surface area (Å²) in [6, 6.07) is 9.34. The number of allylic oxidation sites excluding steroid dienone is 8. The van der Waals surface area contributed by atoms with E-state index in [1.54, 1.807) is 48.6 Å². The Balaban J connectivity index is 1.26. The number of nitrogens with zero attached hydrogens (tertiary/aromatic N) is 3. The van der Waals surface area contributed by atoms with Gasteiger partial charge in [-0.1, -0.05) is 36.4 Å². The third kappa shape index (κ3) is 11.5. The number of carbonyl (C=O) groups is 3. The molecule has 2 amide bonds. The van der Waals surface area contributed by atoms with E-state index < -0.39 is 88.7 Å². The lowest BCUT2D eigenvalue weighted by atomic mass is 9.75. The van der Waals surface area contributed by atoms with E-state index in [1.165, 1.54) is 26.4 Å². The van der Waals surface area contributed by atoms with Gasteiger partial charge in [0, 0.05) is 99.6 Å². The topological polar surface area (TPSA) is 317 Å². The van der Waals surface area contributed by atoms with Gasteiger partial charge in [0.2, 0.25) is 5.69 Å². The van der Waals surface area contributed by atoms with Crippen LogP contribution in [0.4, 0.5) is 11.4 Å². The number of benzene rings is 4. The van der Waals surface area contributed by atoms with Crippen molar-refractivity contribution in [1.82, 2.24) is 5.06 Å². The van der Waals surface area contributed by atoms with E-state index >= 15 is 0 Å². The van der Waals surface area contributed by atoms with E-state index in [4.69, 9.17) is 14.3 Å². The molecule has 1 fully saturated rings. The molecule has 7 rings (SSSR count). The Bertz CT molecular complexity index is 3660. The molecule has 0 N–H and O–H groups in total. The number of hydrogen-bond acceptors (Lipinski definition) is 19. The molecule has 3 heterocycles. The molecule has 21 nitrogen and oxygen atoms in total. The number of anilines is 1. The summed E-state index contributed by atoms with van der Waals surface area (Å²) in [5, 5.41) is 0.484. The van der Waals surface area contributed by atoms with Gasteiger partial charge in [0.15, 0.2) is 5.71 Å². The molecule has 2 unspecified atom stereocenters. The molecule has 4 aromatic carbocycles. The van der Waals surface area contributed by atoms with E-state index in [0.29, 0.717) is 83.3 Å². The third-order valence-electron chi connectivity index (χ3n) is 14.0. The minimum atomic E-state index is -5.31. The minimum absolute atomic E-state index is 0.0450. The van der Waals surface area contributed by atoms with Gasteiger partial charge in [0.05, 0.1) is 25.0 Å². The average Bonchev–Trinajstić information content (AvgIpc) is 3.89. The minimum Gasteiger partial charge on any atom is -0.744 e. The Morgan fingerprint density at radius 2 is 1.18 bits per heavy atom. The number of unbranched alkanes of at least 4 members (excludes halogenated alkanes) is 2. The van der Waals surface area contributed by atoms with Gasteiger partial charge in [-0.15, -0.1) is 5.06 Å². The third-order valence-corrected chi connectivity index (χ3v) is 17.3. The van der Waals surface area contributed by atoms with Gasteiger partial charge in [-0.3, -0.25) is 9.59 Å². The highest BCUT2D eigenvalue weighted by Crippen LogP contribution is 2.54. The number of amides is 2. The van der Waals surface area contributed by atoms with E-state index in [9.17, 15) is 66.3 Å². The van der Waals surface area contributed by atoms with Gasteiger partial charge in [-0.25, -0.2) is 38.5 Å². The van der Waals surface area contributed by atoms with Crippen molar-refractivity contribution in [2.75, 3.05) is 45.4 Å². The predicted octanol–water partition coefficient (Wildman–Crippen LogP) is 5.56. The quantitative estimate of drug-likeness (QED) is 0.0306. The summed E-state index contributed by atoms with van der Waals surface area (Å²) in [6.07, 6.45) is 13.8. The maximum atomic E-state index is 12.6. The summed E-state index contributed by atoms with van der Waals surface area (Å²) in [5.74, 6) is -1.97. The van der Waals surface area contributed by atoms with Crippen LogP contribution in [0.15, 0.2) is 116 Å². The first kappa shape index (κ1) is 57.7. The Labute approximate surface area is 440 Å². The molecule has 0 saturated carbocycles. The van der Waals surface area contributed by atoms with Crippen LogP contribution in [0.2, 0.25) is 0 Å². The normalized spacial score (nSPS) is 20.0. The zero-order valence-corrected chi connectivity index (χ0v) is 45.2. The summed E-state index contributed by atoms with van der Waals surface area (Å²) >= 11 is 0. The fraction of sp³-hybridized carbons (Fsp3) is 0.373. The van der Waals surface area contributed by atoms with Crippen LogP contribution in [0, 0.1) is 0 Å². The molecular formula is C51H54N3O18S4-3. The van der Waals surface area contributed by atoms with Gasteiger partial charge >= 0.3 is 5.97 Å². The smallest absolute Gasteiger partial charge is 0.333 e. The van der Waals surface area contributed by atoms with Crippen molar-refractivity contribution in [2.45, 2.75) is 103 Å². The number of rotatable bonds is 22. The van der Waals surface area contributed by atoms with Crippen LogP contribution in [0.5, 0.6) is 0 Å². The van der Waals surface area contributed by atoms with Crippen molar-refractivity contribution >= 4 is 96.9 Å².